The minimum absolute atomic E-state index is 0.504. The average Bonchev–Trinajstić information content (AvgIpc) is 3.45. The third kappa shape index (κ3) is 2.56. The van der Waals surface area contributed by atoms with Crippen LogP contribution < -0.4 is 0 Å². The first kappa shape index (κ1) is 16.3. The van der Waals surface area contributed by atoms with E-state index in [-0.39, 0.29) is 0 Å². The van der Waals surface area contributed by atoms with Crippen LogP contribution in [0.2, 0.25) is 5.02 Å². The van der Waals surface area contributed by atoms with E-state index in [0.717, 1.165) is 34.5 Å². The van der Waals surface area contributed by atoms with E-state index in [4.69, 9.17) is 21.0 Å². The maximum atomic E-state index is 5.96. The van der Waals surface area contributed by atoms with Crippen molar-refractivity contribution in [1.82, 2.24) is 29.4 Å². The van der Waals surface area contributed by atoms with Crippen LogP contribution >= 0.6 is 22.9 Å². The Labute approximate surface area is 168 Å². The lowest BCUT2D eigenvalue weighted by atomic mass is 9.97. The first-order valence-electron chi connectivity index (χ1n) is 9.17. The summed E-state index contributed by atoms with van der Waals surface area (Å²) in [6, 6.07) is 3.81. The Balaban J connectivity index is 1.42. The van der Waals surface area contributed by atoms with Gasteiger partial charge in [0.2, 0.25) is 5.82 Å². The molecule has 0 aliphatic heterocycles. The molecule has 5 aromatic rings. The summed E-state index contributed by atoms with van der Waals surface area (Å²) in [6.45, 7) is 0.504. The monoisotopic (exact) mass is 410 g/mol. The topological polar surface area (TPSA) is 74.0 Å². The summed E-state index contributed by atoms with van der Waals surface area (Å²) in [6.07, 6.45) is 9.82. The van der Waals surface area contributed by atoms with Crippen molar-refractivity contribution in [3.63, 3.8) is 0 Å². The molecule has 5 heterocycles. The smallest absolute Gasteiger partial charge is 0.217 e. The second kappa shape index (κ2) is 6.15. The predicted octanol–water partition coefficient (Wildman–Crippen LogP) is 4.38. The van der Waals surface area contributed by atoms with Crippen molar-refractivity contribution in [1.29, 1.82) is 0 Å². The summed E-state index contributed by atoms with van der Waals surface area (Å²) < 4.78 is 9.45. The Morgan fingerprint density at radius 1 is 1.21 bits per heavy atom. The fraction of sp³-hybridized carbons (Fsp3) is 0.263. The van der Waals surface area contributed by atoms with Crippen LogP contribution in [0.4, 0.5) is 0 Å². The van der Waals surface area contributed by atoms with Gasteiger partial charge in [0, 0.05) is 11.1 Å². The van der Waals surface area contributed by atoms with E-state index in [2.05, 4.69) is 15.2 Å². The highest BCUT2D eigenvalue weighted by Gasteiger charge is 2.21. The van der Waals surface area contributed by atoms with Gasteiger partial charge in [0.15, 0.2) is 11.4 Å². The molecule has 0 radical (unpaired) electrons. The average molecular weight is 411 g/mol. The zero-order chi connectivity index (χ0) is 18.7. The van der Waals surface area contributed by atoms with Crippen molar-refractivity contribution in [2.45, 2.75) is 32.2 Å². The molecule has 9 heteroatoms. The Hall–Kier alpha value is -2.71. The van der Waals surface area contributed by atoms with Gasteiger partial charge in [-0.2, -0.15) is 5.10 Å². The molecule has 0 aromatic carbocycles. The Morgan fingerprint density at radius 3 is 3.04 bits per heavy atom. The van der Waals surface area contributed by atoms with E-state index in [9.17, 15) is 0 Å². The molecule has 6 rings (SSSR count). The van der Waals surface area contributed by atoms with Crippen molar-refractivity contribution in [2.24, 2.45) is 0 Å². The van der Waals surface area contributed by atoms with Crippen LogP contribution in [0.3, 0.4) is 0 Å². The van der Waals surface area contributed by atoms with Crippen molar-refractivity contribution < 1.29 is 4.42 Å². The number of rotatable bonds is 3. The standard InChI is InChI=1S/C19H15ClN6OS/c20-11-7-22-25(8-11)9-12-5-6-14(27-12)17-23-18-16-13-3-1-2-4-15(13)28-19(16)21-10-26(18)24-17/h5-8,10H,1-4,9H2. The zero-order valence-corrected chi connectivity index (χ0v) is 16.4. The quantitative estimate of drug-likeness (QED) is 0.441. The summed E-state index contributed by atoms with van der Waals surface area (Å²) in [7, 11) is 0. The third-order valence-electron chi connectivity index (χ3n) is 5.09. The number of furan rings is 1. The van der Waals surface area contributed by atoms with Gasteiger partial charge in [-0.05, 0) is 43.4 Å². The summed E-state index contributed by atoms with van der Waals surface area (Å²) in [5.74, 6) is 1.97. The predicted molar refractivity (Wildman–Crippen MR) is 107 cm³/mol. The fourth-order valence-electron chi connectivity index (χ4n) is 3.83. The highest BCUT2D eigenvalue weighted by atomic mass is 35.5. The minimum atomic E-state index is 0.504. The fourth-order valence-corrected chi connectivity index (χ4v) is 5.21. The Kier molecular flexibility index (Phi) is 3.57. The lowest BCUT2D eigenvalue weighted by Gasteiger charge is -2.09. The highest BCUT2D eigenvalue weighted by Crippen LogP contribution is 2.37. The van der Waals surface area contributed by atoms with Crippen molar-refractivity contribution in [2.75, 3.05) is 0 Å². The van der Waals surface area contributed by atoms with Gasteiger partial charge in [0.25, 0.3) is 0 Å². The molecule has 0 spiro atoms. The summed E-state index contributed by atoms with van der Waals surface area (Å²) in [4.78, 5) is 11.9. The normalized spacial score (nSPS) is 14.2. The number of hydrogen-bond acceptors (Lipinski definition) is 6. The number of nitrogens with zero attached hydrogens (tertiary/aromatic N) is 6. The lowest BCUT2D eigenvalue weighted by molar-refractivity contribution is 0.487. The number of hydrogen-bond donors (Lipinski definition) is 0. The molecule has 0 amide bonds. The van der Waals surface area contributed by atoms with E-state index >= 15 is 0 Å². The molecule has 1 aliphatic rings. The van der Waals surface area contributed by atoms with Gasteiger partial charge in [-0.3, -0.25) is 4.68 Å². The highest BCUT2D eigenvalue weighted by molar-refractivity contribution is 7.19. The zero-order valence-electron chi connectivity index (χ0n) is 14.8. The van der Waals surface area contributed by atoms with E-state index in [1.165, 1.54) is 23.3 Å². The number of thiophene rings is 1. The molecule has 0 saturated heterocycles. The minimum Gasteiger partial charge on any atom is -0.456 e. The molecule has 7 nitrogen and oxygen atoms in total. The second-order valence-electron chi connectivity index (χ2n) is 6.96. The lowest BCUT2D eigenvalue weighted by Crippen LogP contribution is -1.99. The molecule has 0 atom stereocenters. The van der Waals surface area contributed by atoms with Gasteiger partial charge in [-0.25, -0.2) is 14.5 Å². The third-order valence-corrected chi connectivity index (χ3v) is 6.49. The molecular weight excluding hydrogens is 396 g/mol. The van der Waals surface area contributed by atoms with Crippen LogP contribution in [0, 0.1) is 0 Å². The number of halogens is 1. The van der Waals surface area contributed by atoms with E-state index in [0.29, 0.717) is 23.2 Å². The maximum absolute atomic E-state index is 5.96. The molecule has 5 aromatic heterocycles. The van der Waals surface area contributed by atoms with Crippen LogP contribution in [0.25, 0.3) is 27.4 Å². The molecule has 0 bridgehead atoms. The van der Waals surface area contributed by atoms with E-state index < -0.39 is 0 Å². The van der Waals surface area contributed by atoms with E-state index in [1.807, 2.05) is 12.1 Å². The largest absolute Gasteiger partial charge is 0.456 e. The van der Waals surface area contributed by atoms with E-state index in [1.54, 1.807) is 39.3 Å². The Bertz CT molecular complexity index is 1330. The van der Waals surface area contributed by atoms with Crippen LogP contribution in [0.1, 0.15) is 29.0 Å². The van der Waals surface area contributed by atoms with Crippen molar-refractivity contribution >= 4 is 38.8 Å². The molecule has 140 valence electrons. The first-order chi connectivity index (χ1) is 13.7. The summed E-state index contributed by atoms with van der Waals surface area (Å²) in [5, 5.41) is 10.5. The molecule has 1 aliphatic carbocycles. The number of fused-ring (bicyclic) bond motifs is 5. The van der Waals surface area contributed by atoms with Crippen LogP contribution in [0.5, 0.6) is 0 Å². The SMILES string of the molecule is Clc1cnn(Cc2ccc(-c3nc4c5c6c(sc5ncn4n3)CCCC6)o2)c1. The molecule has 28 heavy (non-hydrogen) atoms. The molecular formula is C19H15ClN6OS. The van der Waals surface area contributed by atoms with Crippen LogP contribution in [-0.2, 0) is 19.4 Å². The maximum Gasteiger partial charge on any atom is 0.217 e. The second-order valence-corrected chi connectivity index (χ2v) is 8.48. The van der Waals surface area contributed by atoms with Gasteiger partial charge in [-0.1, -0.05) is 11.6 Å². The Morgan fingerprint density at radius 2 is 2.14 bits per heavy atom. The van der Waals surface area contributed by atoms with Crippen LogP contribution in [0.15, 0.2) is 35.3 Å². The molecule has 0 saturated carbocycles. The van der Waals surface area contributed by atoms with Gasteiger partial charge in [0.1, 0.15) is 16.9 Å². The first-order valence-corrected chi connectivity index (χ1v) is 10.4. The van der Waals surface area contributed by atoms with Gasteiger partial charge in [-0.15, -0.1) is 16.4 Å². The molecule has 0 fully saturated rings. The van der Waals surface area contributed by atoms with Crippen LogP contribution in [-0.4, -0.2) is 29.4 Å². The molecule has 0 N–H and O–H groups in total. The van der Waals surface area contributed by atoms with Gasteiger partial charge in [0.05, 0.1) is 23.2 Å². The van der Waals surface area contributed by atoms with Crippen molar-refractivity contribution in [3.8, 4) is 11.6 Å². The number of aromatic nitrogens is 6. The molecule has 0 unspecified atom stereocenters. The summed E-state index contributed by atoms with van der Waals surface area (Å²) in [5.41, 5.74) is 2.26. The van der Waals surface area contributed by atoms with Gasteiger partial charge < -0.3 is 4.42 Å². The van der Waals surface area contributed by atoms with Gasteiger partial charge >= 0.3 is 0 Å². The van der Waals surface area contributed by atoms with Crippen molar-refractivity contribution in [3.05, 3.63) is 52.1 Å². The summed E-state index contributed by atoms with van der Waals surface area (Å²) >= 11 is 7.71. The number of aryl methyl sites for hydroxylation is 2.